The highest BCUT2D eigenvalue weighted by Crippen LogP contribution is 2.23. The molecule has 5 rings (SSSR count). The summed E-state index contributed by atoms with van der Waals surface area (Å²) in [5.74, 6) is 3.46. The third kappa shape index (κ3) is 7.79. The van der Waals surface area contributed by atoms with Crippen LogP contribution in [-0.2, 0) is 4.74 Å². The van der Waals surface area contributed by atoms with Crippen molar-refractivity contribution in [2.24, 2.45) is 5.10 Å². The number of aromatic nitrogens is 3. The third-order valence-electron chi connectivity index (χ3n) is 6.68. The molecule has 2 fully saturated rings. The van der Waals surface area contributed by atoms with Gasteiger partial charge in [-0.1, -0.05) is 29.8 Å². The highest BCUT2D eigenvalue weighted by atomic mass is 16.5. The van der Waals surface area contributed by atoms with E-state index in [1.165, 1.54) is 5.56 Å². The van der Waals surface area contributed by atoms with E-state index in [1.807, 2.05) is 48.5 Å². The van der Waals surface area contributed by atoms with Gasteiger partial charge in [-0.3, -0.25) is 0 Å². The molecule has 0 unspecified atom stereocenters. The van der Waals surface area contributed by atoms with Crippen LogP contribution in [0.2, 0.25) is 0 Å². The van der Waals surface area contributed by atoms with Crippen LogP contribution in [0.1, 0.15) is 36.8 Å². The van der Waals surface area contributed by atoms with Crippen molar-refractivity contribution in [2.45, 2.75) is 32.6 Å². The van der Waals surface area contributed by atoms with E-state index < -0.39 is 0 Å². The van der Waals surface area contributed by atoms with E-state index in [9.17, 15) is 0 Å². The number of para-hydroxylation sites is 1. The van der Waals surface area contributed by atoms with Crippen molar-refractivity contribution >= 4 is 24.1 Å². The molecule has 0 saturated carbocycles. The largest absolute Gasteiger partial charge is 0.491 e. The van der Waals surface area contributed by atoms with E-state index in [4.69, 9.17) is 19.2 Å². The molecule has 2 saturated heterocycles. The zero-order valence-corrected chi connectivity index (χ0v) is 22.6. The summed E-state index contributed by atoms with van der Waals surface area (Å²) >= 11 is 0. The lowest BCUT2D eigenvalue weighted by atomic mass is 10.2. The van der Waals surface area contributed by atoms with Crippen LogP contribution in [0.15, 0.2) is 53.6 Å². The Labute approximate surface area is 230 Å². The zero-order valence-electron chi connectivity index (χ0n) is 22.6. The average molecular weight is 532 g/mol. The standard InChI is InChI=1S/C29H37N7O3/c1-23-10-12-25(13-11-23)38-20-18-37-19-21-39-26-9-3-2-8-24(26)22-30-34-27-31-28(35-14-4-5-15-35)33-29(32-27)36-16-6-7-17-36/h2-3,8-13,22H,4-7,14-21H2,1H3,(H,31,32,33,34)/b30-22-. The van der Waals surface area contributed by atoms with Gasteiger partial charge >= 0.3 is 0 Å². The SMILES string of the molecule is Cc1ccc(OCCOCCOc2ccccc2/C=N\Nc2nc(N3CCCC3)nc(N3CCCC3)n2)cc1. The van der Waals surface area contributed by atoms with Gasteiger partial charge in [0.15, 0.2) is 0 Å². The van der Waals surface area contributed by atoms with Gasteiger partial charge in [0.25, 0.3) is 0 Å². The summed E-state index contributed by atoms with van der Waals surface area (Å²) in [6.07, 6.45) is 6.37. The minimum absolute atomic E-state index is 0.425. The number of hydrogen-bond donors (Lipinski definition) is 1. The van der Waals surface area contributed by atoms with Gasteiger partial charge in [0.1, 0.15) is 24.7 Å². The van der Waals surface area contributed by atoms with Crippen molar-refractivity contribution in [3.63, 3.8) is 0 Å². The summed E-state index contributed by atoms with van der Waals surface area (Å²) in [5.41, 5.74) is 5.07. The van der Waals surface area contributed by atoms with Crippen LogP contribution in [-0.4, -0.2) is 73.8 Å². The normalized spacial score (nSPS) is 15.3. The van der Waals surface area contributed by atoms with Crippen LogP contribution in [0.3, 0.4) is 0 Å². The Morgan fingerprint density at radius 1 is 0.769 bits per heavy atom. The second kappa shape index (κ2) is 13.7. The van der Waals surface area contributed by atoms with E-state index in [1.54, 1.807) is 6.21 Å². The molecule has 2 aliphatic heterocycles. The number of hydrogen-bond acceptors (Lipinski definition) is 10. The molecule has 39 heavy (non-hydrogen) atoms. The number of nitrogens with one attached hydrogen (secondary N) is 1. The van der Waals surface area contributed by atoms with E-state index in [2.05, 4.69) is 37.2 Å². The Kier molecular flexibility index (Phi) is 9.41. The van der Waals surface area contributed by atoms with Gasteiger partial charge in [0.2, 0.25) is 17.8 Å². The molecule has 206 valence electrons. The van der Waals surface area contributed by atoms with Gasteiger partial charge in [-0.15, -0.1) is 0 Å². The van der Waals surface area contributed by atoms with E-state index >= 15 is 0 Å². The van der Waals surface area contributed by atoms with Crippen molar-refractivity contribution < 1.29 is 14.2 Å². The first-order chi connectivity index (χ1) is 19.2. The van der Waals surface area contributed by atoms with Crippen LogP contribution in [0.5, 0.6) is 11.5 Å². The Bertz CT molecular complexity index is 1180. The fourth-order valence-corrected chi connectivity index (χ4v) is 4.56. The molecule has 0 spiro atoms. The molecular formula is C29H37N7O3. The lowest BCUT2D eigenvalue weighted by Gasteiger charge is -2.20. The fourth-order valence-electron chi connectivity index (χ4n) is 4.56. The predicted octanol–water partition coefficient (Wildman–Crippen LogP) is 4.30. The number of aryl methyl sites for hydroxylation is 1. The first-order valence-corrected chi connectivity index (χ1v) is 13.8. The van der Waals surface area contributed by atoms with Gasteiger partial charge in [-0.25, -0.2) is 5.43 Å². The predicted molar refractivity (Wildman–Crippen MR) is 153 cm³/mol. The molecule has 2 aliphatic rings. The van der Waals surface area contributed by atoms with Crippen molar-refractivity contribution in [1.29, 1.82) is 0 Å². The Balaban J connectivity index is 1.11. The van der Waals surface area contributed by atoms with Gasteiger partial charge in [0.05, 0.1) is 19.4 Å². The Morgan fingerprint density at radius 2 is 1.38 bits per heavy atom. The van der Waals surface area contributed by atoms with Crippen LogP contribution >= 0.6 is 0 Å². The van der Waals surface area contributed by atoms with Crippen LogP contribution in [0, 0.1) is 6.92 Å². The number of rotatable bonds is 13. The van der Waals surface area contributed by atoms with Crippen molar-refractivity contribution in [3.05, 3.63) is 59.7 Å². The highest BCUT2D eigenvalue weighted by molar-refractivity contribution is 5.83. The molecule has 3 heterocycles. The third-order valence-corrected chi connectivity index (χ3v) is 6.68. The summed E-state index contributed by atoms with van der Waals surface area (Å²) < 4.78 is 17.3. The molecule has 0 aliphatic carbocycles. The second-order valence-electron chi connectivity index (χ2n) is 9.68. The summed E-state index contributed by atoms with van der Waals surface area (Å²) in [6, 6.07) is 15.7. The van der Waals surface area contributed by atoms with Crippen molar-refractivity contribution in [1.82, 2.24) is 15.0 Å². The minimum Gasteiger partial charge on any atom is -0.491 e. The maximum atomic E-state index is 5.95. The first-order valence-electron chi connectivity index (χ1n) is 13.8. The number of ether oxygens (including phenoxy) is 3. The number of hydrazone groups is 1. The fraction of sp³-hybridized carbons (Fsp3) is 0.448. The molecular weight excluding hydrogens is 494 g/mol. The van der Waals surface area contributed by atoms with Gasteiger partial charge in [-0.2, -0.15) is 20.1 Å². The molecule has 10 nitrogen and oxygen atoms in total. The average Bonchev–Trinajstić information content (AvgIpc) is 3.70. The topological polar surface area (TPSA) is 97.2 Å². The van der Waals surface area contributed by atoms with Gasteiger partial charge < -0.3 is 24.0 Å². The Hall–Kier alpha value is -3.92. The Morgan fingerprint density at radius 3 is 2.05 bits per heavy atom. The highest BCUT2D eigenvalue weighted by Gasteiger charge is 2.21. The second-order valence-corrected chi connectivity index (χ2v) is 9.68. The molecule has 1 aromatic heterocycles. The number of nitrogens with zero attached hydrogens (tertiary/aromatic N) is 6. The van der Waals surface area contributed by atoms with Crippen molar-refractivity contribution in [3.8, 4) is 11.5 Å². The summed E-state index contributed by atoms with van der Waals surface area (Å²) in [4.78, 5) is 18.5. The smallest absolute Gasteiger partial charge is 0.250 e. The van der Waals surface area contributed by atoms with Crippen LogP contribution in [0.4, 0.5) is 17.8 Å². The van der Waals surface area contributed by atoms with Crippen LogP contribution < -0.4 is 24.7 Å². The summed E-state index contributed by atoms with van der Waals surface area (Å²) in [6.45, 7) is 7.82. The lowest BCUT2D eigenvalue weighted by Crippen LogP contribution is -2.25. The maximum absolute atomic E-state index is 5.95. The molecule has 3 aromatic rings. The molecule has 0 amide bonds. The maximum Gasteiger partial charge on any atom is 0.250 e. The van der Waals surface area contributed by atoms with Crippen molar-refractivity contribution in [2.75, 3.05) is 67.8 Å². The summed E-state index contributed by atoms with van der Waals surface area (Å²) in [5, 5.41) is 4.42. The van der Waals surface area contributed by atoms with E-state index in [0.717, 1.165) is 80.8 Å². The van der Waals surface area contributed by atoms with Crippen LogP contribution in [0.25, 0.3) is 0 Å². The molecule has 1 N–H and O–H groups in total. The molecule has 0 atom stereocenters. The molecule has 0 bridgehead atoms. The lowest BCUT2D eigenvalue weighted by molar-refractivity contribution is 0.0764. The molecule has 2 aromatic carbocycles. The molecule has 10 heteroatoms. The van der Waals surface area contributed by atoms with Gasteiger partial charge in [0, 0.05) is 31.7 Å². The first kappa shape index (κ1) is 26.7. The monoisotopic (exact) mass is 531 g/mol. The number of anilines is 3. The quantitative estimate of drug-likeness (QED) is 0.197. The van der Waals surface area contributed by atoms with Gasteiger partial charge in [-0.05, 0) is 56.9 Å². The number of benzene rings is 2. The van der Waals surface area contributed by atoms with E-state index in [-0.39, 0.29) is 0 Å². The summed E-state index contributed by atoms with van der Waals surface area (Å²) in [7, 11) is 0. The zero-order chi connectivity index (χ0) is 26.7. The minimum atomic E-state index is 0.425. The van der Waals surface area contributed by atoms with E-state index in [0.29, 0.717) is 32.4 Å². The molecule has 0 radical (unpaired) electrons.